The van der Waals surface area contributed by atoms with Gasteiger partial charge < -0.3 is 0 Å². The van der Waals surface area contributed by atoms with Crippen LogP contribution in [0.5, 0.6) is 0 Å². The number of nitrogens with zero attached hydrogens (tertiary/aromatic N) is 3. The fraction of sp³-hybridized carbons (Fsp3) is 0.214. The molecule has 2 aromatic rings. The molecule has 1 heterocycles. The van der Waals surface area contributed by atoms with Gasteiger partial charge in [-0.1, -0.05) is 116 Å². The van der Waals surface area contributed by atoms with Crippen LogP contribution in [-0.4, -0.2) is 15.0 Å². The lowest BCUT2D eigenvalue weighted by Crippen LogP contribution is -2.16. The van der Waals surface area contributed by atoms with Crippen molar-refractivity contribution in [3.05, 3.63) is 52.9 Å². The van der Waals surface area contributed by atoms with Crippen molar-refractivity contribution >= 4 is 97.7 Å². The van der Waals surface area contributed by atoms with Gasteiger partial charge in [-0.3, -0.25) is 0 Å². The zero-order valence-corrected chi connectivity index (χ0v) is 17.8. The Morgan fingerprint density at radius 2 is 1.29 bits per heavy atom. The third-order valence-electron chi connectivity index (χ3n) is 2.72. The zero-order valence-electron chi connectivity index (χ0n) is 11.7. The zero-order chi connectivity index (χ0) is 18.0. The molecule has 3 nitrogen and oxygen atoms in total. The largest absolute Gasteiger partial charge is 0.250 e. The van der Waals surface area contributed by atoms with E-state index in [0.717, 1.165) is 16.5 Å². The topological polar surface area (TPSA) is 38.7 Å². The summed E-state index contributed by atoms with van der Waals surface area (Å²) < 4.78 is -3.73. The minimum atomic E-state index is -1.87. The summed E-state index contributed by atoms with van der Waals surface area (Å²) in [5, 5.41) is 0.781. The normalized spacial score (nSPS) is 12.8. The quantitative estimate of drug-likeness (QED) is 0.437. The second-order valence-corrected chi connectivity index (χ2v) is 9.67. The Morgan fingerprint density at radius 3 is 1.71 bits per heavy atom. The third-order valence-corrected chi connectivity index (χ3v) is 4.38. The van der Waals surface area contributed by atoms with Crippen molar-refractivity contribution in [2.24, 2.45) is 0 Å². The minimum Gasteiger partial charge on any atom is -0.209 e. The number of benzene rings is 1. The SMILES string of the molecule is ClC(Cl)(Cl)c1nc(/C=C/c2ccc(CBr)cc2)nc(C(Cl)(Cl)Cl)n1. The predicted octanol–water partition coefficient (Wildman–Crippen LogP) is 6.59. The first-order valence-electron chi connectivity index (χ1n) is 6.33. The molecule has 0 aliphatic carbocycles. The average Bonchev–Trinajstić information content (AvgIpc) is 2.51. The van der Waals surface area contributed by atoms with Gasteiger partial charge in [-0.05, 0) is 17.2 Å². The first kappa shape index (κ1) is 20.5. The molecule has 10 heteroatoms. The van der Waals surface area contributed by atoms with Crippen LogP contribution in [0.25, 0.3) is 12.2 Å². The predicted molar refractivity (Wildman–Crippen MR) is 106 cm³/mol. The maximum absolute atomic E-state index is 5.82. The maximum atomic E-state index is 5.82. The van der Waals surface area contributed by atoms with Crippen molar-refractivity contribution in [2.75, 3.05) is 0 Å². The van der Waals surface area contributed by atoms with Crippen molar-refractivity contribution in [3.8, 4) is 0 Å². The van der Waals surface area contributed by atoms with Crippen molar-refractivity contribution in [1.82, 2.24) is 15.0 Å². The summed E-state index contributed by atoms with van der Waals surface area (Å²) in [6, 6.07) is 7.86. The Labute approximate surface area is 177 Å². The van der Waals surface area contributed by atoms with E-state index in [9.17, 15) is 0 Å². The molecule has 0 amide bonds. The summed E-state index contributed by atoms with van der Waals surface area (Å²) in [7, 11) is 0. The molecule has 24 heavy (non-hydrogen) atoms. The molecule has 0 aliphatic rings. The van der Waals surface area contributed by atoms with Gasteiger partial charge in [-0.15, -0.1) is 0 Å². The Kier molecular flexibility index (Phi) is 7.05. The van der Waals surface area contributed by atoms with Gasteiger partial charge >= 0.3 is 0 Å². The van der Waals surface area contributed by atoms with Crippen LogP contribution in [0.3, 0.4) is 0 Å². The van der Waals surface area contributed by atoms with Crippen LogP contribution >= 0.6 is 85.5 Å². The Balaban J connectivity index is 2.39. The molecule has 0 saturated heterocycles. The van der Waals surface area contributed by atoms with Crippen LogP contribution in [0.1, 0.15) is 28.6 Å². The van der Waals surface area contributed by atoms with Crippen LogP contribution in [0.15, 0.2) is 24.3 Å². The number of hydrogen-bond acceptors (Lipinski definition) is 3. The summed E-state index contributed by atoms with van der Waals surface area (Å²) >= 11 is 38.3. The van der Waals surface area contributed by atoms with Crippen LogP contribution in [0.4, 0.5) is 0 Å². The fourth-order valence-corrected chi connectivity index (χ4v) is 2.49. The molecule has 0 fully saturated rings. The number of hydrogen-bond donors (Lipinski definition) is 0. The molecule has 1 aromatic carbocycles. The smallest absolute Gasteiger partial charge is 0.209 e. The molecule has 2 rings (SSSR count). The summed E-state index contributed by atoms with van der Waals surface area (Å²) in [5.74, 6) is -0.0477. The van der Waals surface area contributed by atoms with Crippen LogP contribution in [0, 0.1) is 0 Å². The van der Waals surface area contributed by atoms with E-state index in [4.69, 9.17) is 69.6 Å². The number of alkyl halides is 7. The molecule has 0 N–H and O–H groups in total. The lowest BCUT2D eigenvalue weighted by molar-refractivity contribution is 0.835. The molecule has 0 spiro atoms. The highest BCUT2D eigenvalue weighted by molar-refractivity contribution is 9.08. The van der Waals surface area contributed by atoms with Gasteiger partial charge in [0.25, 0.3) is 0 Å². The standard InChI is InChI=1S/C14H8BrCl6N3/c15-7-9-3-1-8(2-4-9)5-6-10-22-11(13(16,17)18)24-12(23-10)14(19,20)21/h1-6H,7H2/b6-5+. The van der Waals surface area contributed by atoms with E-state index in [-0.39, 0.29) is 17.5 Å². The van der Waals surface area contributed by atoms with Gasteiger partial charge in [0.1, 0.15) is 0 Å². The summed E-state index contributed by atoms with van der Waals surface area (Å²) in [6.45, 7) is 0. The number of halogens is 7. The molecule has 0 radical (unpaired) electrons. The number of rotatable bonds is 3. The van der Waals surface area contributed by atoms with Crippen molar-refractivity contribution in [3.63, 3.8) is 0 Å². The molecular weight excluding hydrogens is 503 g/mol. The van der Waals surface area contributed by atoms with Gasteiger partial charge in [0.15, 0.2) is 17.5 Å². The van der Waals surface area contributed by atoms with Crippen molar-refractivity contribution in [2.45, 2.75) is 12.9 Å². The highest BCUT2D eigenvalue weighted by Gasteiger charge is 2.33. The van der Waals surface area contributed by atoms with Crippen molar-refractivity contribution < 1.29 is 0 Å². The van der Waals surface area contributed by atoms with Crippen LogP contribution in [-0.2, 0) is 12.9 Å². The lowest BCUT2D eigenvalue weighted by Gasteiger charge is -2.14. The van der Waals surface area contributed by atoms with E-state index in [1.54, 1.807) is 12.2 Å². The van der Waals surface area contributed by atoms with E-state index in [2.05, 4.69) is 30.9 Å². The molecule has 0 saturated carbocycles. The third kappa shape index (κ3) is 5.87. The van der Waals surface area contributed by atoms with Crippen LogP contribution < -0.4 is 0 Å². The Bertz CT molecular complexity index is 705. The number of aromatic nitrogens is 3. The monoisotopic (exact) mass is 507 g/mol. The Hall–Kier alpha value is 0.190. The fourth-order valence-electron chi connectivity index (χ4n) is 1.61. The average molecular weight is 511 g/mol. The highest BCUT2D eigenvalue weighted by Crippen LogP contribution is 2.39. The molecule has 128 valence electrons. The second-order valence-electron chi connectivity index (χ2n) is 4.54. The first-order valence-corrected chi connectivity index (χ1v) is 9.72. The minimum absolute atomic E-state index is 0.127. The Morgan fingerprint density at radius 1 is 0.792 bits per heavy atom. The summed E-state index contributed by atoms with van der Waals surface area (Å²) in [5.41, 5.74) is 2.09. The van der Waals surface area contributed by atoms with Gasteiger partial charge in [0, 0.05) is 5.33 Å². The molecule has 0 bridgehead atoms. The van der Waals surface area contributed by atoms with Gasteiger partial charge in [0.05, 0.1) is 0 Å². The van der Waals surface area contributed by atoms with E-state index in [0.29, 0.717) is 0 Å². The summed E-state index contributed by atoms with van der Waals surface area (Å²) in [6.07, 6.45) is 3.41. The van der Waals surface area contributed by atoms with Crippen LogP contribution in [0.2, 0.25) is 0 Å². The molecule has 0 aliphatic heterocycles. The van der Waals surface area contributed by atoms with E-state index >= 15 is 0 Å². The molecule has 0 atom stereocenters. The van der Waals surface area contributed by atoms with E-state index in [1.165, 1.54) is 0 Å². The van der Waals surface area contributed by atoms with E-state index in [1.807, 2.05) is 24.3 Å². The van der Waals surface area contributed by atoms with Gasteiger partial charge in [0.2, 0.25) is 7.59 Å². The molecular formula is C14H8BrCl6N3. The van der Waals surface area contributed by atoms with E-state index < -0.39 is 7.59 Å². The molecule has 0 unspecified atom stereocenters. The summed E-state index contributed by atoms with van der Waals surface area (Å²) in [4.78, 5) is 12.1. The van der Waals surface area contributed by atoms with Gasteiger partial charge in [-0.25, -0.2) is 15.0 Å². The molecule has 1 aromatic heterocycles. The second kappa shape index (κ2) is 8.26. The maximum Gasteiger partial charge on any atom is 0.250 e. The van der Waals surface area contributed by atoms with Gasteiger partial charge in [-0.2, -0.15) is 0 Å². The lowest BCUT2D eigenvalue weighted by atomic mass is 10.1. The highest BCUT2D eigenvalue weighted by atomic mass is 79.9. The first-order chi connectivity index (χ1) is 11.1. The van der Waals surface area contributed by atoms with Crippen molar-refractivity contribution in [1.29, 1.82) is 0 Å².